The van der Waals surface area contributed by atoms with Crippen LogP contribution in [0.1, 0.15) is 0 Å². The van der Waals surface area contributed by atoms with Gasteiger partial charge in [-0.2, -0.15) is 5.10 Å². The molecular weight excluding hydrogens is 300 g/mol. The minimum Gasteiger partial charge on any atom is -0.280 e. The summed E-state index contributed by atoms with van der Waals surface area (Å²) >= 11 is 0. The lowest BCUT2D eigenvalue weighted by Crippen LogP contribution is -2.14. The van der Waals surface area contributed by atoms with Crippen LogP contribution in [0.2, 0.25) is 0 Å². The molecule has 1 heterocycles. The number of fused-ring (bicyclic) bond motifs is 1. The third kappa shape index (κ3) is 2.57. The molecule has 2 aromatic carbocycles. The fourth-order valence-electron chi connectivity index (χ4n) is 1.90. The van der Waals surface area contributed by atoms with Gasteiger partial charge in [-0.25, -0.2) is 17.2 Å². The number of hydrogen-bond donors (Lipinski definition) is 2. The van der Waals surface area contributed by atoms with E-state index < -0.39 is 26.6 Å². The van der Waals surface area contributed by atoms with Gasteiger partial charge in [-0.1, -0.05) is 0 Å². The highest BCUT2D eigenvalue weighted by atomic mass is 32.2. The maximum atomic E-state index is 13.6. The summed E-state index contributed by atoms with van der Waals surface area (Å²) in [5.74, 6) is -1.85. The molecule has 0 amide bonds. The molecule has 2 N–H and O–H groups in total. The summed E-state index contributed by atoms with van der Waals surface area (Å²) in [4.78, 5) is -0.741. The number of H-pyrrole nitrogens is 1. The van der Waals surface area contributed by atoms with E-state index >= 15 is 0 Å². The van der Waals surface area contributed by atoms with Gasteiger partial charge in [-0.3, -0.25) is 9.82 Å². The van der Waals surface area contributed by atoms with E-state index in [1.165, 1.54) is 18.3 Å². The molecule has 0 aliphatic rings. The molecule has 0 aliphatic heterocycles. The number of anilines is 1. The molecule has 0 aliphatic carbocycles. The summed E-state index contributed by atoms with van der Waals surface area (Å²) in [6, 6.07) is 6.91. The van der Waals surface area contributed by atoms with Crippen molar-refractivity contribution in [2.75, 3.05) is 4.72 Å². The SMILES string of the molecule is O=S(=O)(Nc1ccc2[nH]ncc2c1)c1cc(F)ccc1F. The lowest BCUT2D eigenvalue weighted by atomic mass is 10.2. The summed E-state index contributed by atoms with van der Waals surface area (Å²) in [5, 5.41) is 7.22. The van der Waals surface area contributed by atoms with Crippen LogP contribution in [0.3, 0.4) is 0 Å². The number of aromatic nitrogens is 2. The molecule has 3 aromatic rings. The molecule has 1 aromatic heterocycles. The average Bonchev–Trinajstić information content (AvgIpc) is 2.88. The Labute approximate surface area is 118 Å². The van der Waals surface area contributed by atoms with E-state index in [1.54, 1.807) is 6.07 Å². The maximum Gasteiger partial charge on any atom is 0.264 e. The van der Waals surface area contributed by atoms with Gasteiger partial charge in [0.2, 0.25) is 0 Å². The van der Waals surface area contributed by atoms with E-state index in [0.29, 0.717) is 11.5 Å². The van der Waals surface area contributed by atoms with Gasteiger partial charge in [0.05, 0.1) is 11.7 Å². The van der Waals surface area contributed by atoms with E-state index in [0.717, 1.165) is 17.6 Å². The summed E-state index contributed by atoms with van der Waals surface area (Å²) in [5.41, 5.74) is 0.961. The largest absolute Gasteiger partial charge is 0.280 e. The molecule has 0 atom stereocenters. The molecule has 21 heavy (non-hydrogen) atoms. The fourth-order valence-corrected chi connectivity index (χ4v) is 3.04. The number of hydrogen-bond acceptors (Lipinski definition) is 3. The highest BCUT2D eigenvalue weighted by Crippen LogP contribution is 2.22. The first-order valence-electron chi connectivity index (χ1n) is 5.87. The second-order valence-electron chi connectivity index (χ2n) is 4.35. The van der Waals surface area contributed by atoms with Gasteiger partial charge in [0.25, 0.3) is 10.0 Å². The number of aromatic amines is 1. The van der Waals surface area contributed by atoms with Gasteiger partial charge in [0, 0.05) is 11.1 Å². The molecule has 108 valence electrons. The summed E-state index contributed by atoms with van der Waals surface area (Å²) < 4.78 is 53.1. The molecule has 3 rings (SSSR count). The first-order valence-corrected chi connectivity index (χ1v) is 7.35. The Balaban J connectivity index is 2.00. The van der Waals surface area contributed by atoms with Crippen molar-refractivity contribution in [3.05, 3.63) is 54.2 Å². The second kappa shape index (κ2) is 4.81. The molecule has 0 unspecified atom stereocenters. The number of sulfonamides is 1. The maximum absolute atomic E-state index is 13.6. The fraction of sp³-hybridized carbons (Fsp3) is 0. The molecule has 5 nitrogen and oxygen atoms in total. The molecular formula is C13H9F2N3O2S. The Morgan fingerprint density at radius 1 is 1.10 bits per heavy atom. The zero-order valence-electron chi connectivity index (χ0n) is 10.5. The third-order valence-corrected chi connectivity index (χ3v) is 4.27. The van der Waals surface area contributed by atoms with Crippen LogP contribution in [-0.4, -0.2) is 18.6 Å². The Morgan fingerprint density at radius 3 is 2.71 bits per heavy atom. The van der Waals surface area contributed by atoms with Gasteiger partial charge in [-0.15, -0.1) is 0 Å². The molecule has 0 fully saturated rings. The van der Waals surface area contributed by atoms with Crippen molar-refractivity contribution in [1.82, 2.24) is 10.2 Å². The summed E-state index contributed by atoms with van der Waals surface area (Å²) in [6.45, 7) is 0. The van der Waals surface area contributed by atoms with Crippen LogP contribution in [0, 0.1) is 11.6 Å². The van der Waals surface area contributed by atoms with Crippen molar-refractivity contribution < 1.29 is 17.2 Å². The summed E-state index contributed by atoms with van der Waals surface area (Å²) in [7, 11) is -4.21. The normalized spacial score (nSPS) is 11.7. The highest BCUT2D eigenvalue weighted by molar-refractivity contribution is 7.92. The first-order chi connectivity index (χ1) is 9.95. The number of rotatable bonds is 3. The van der Waals surface area contributed by atoms with Crippen LogP contribution in [0.25, 0.3) is 10.9 Å². The number of nitrogens with one attached hydrogen (secondary N) is 2. The van der Waals surface area contributed by atoms with Crippen molar-refractivity contribution in [1.29, 1.82) is 0 Å². The van der Waals surface area contributed by atoms with Gasteiger partial charge in [0.1, 0.15) is 16.5 Å². The highest BCUT2D eigenvalue weighted by Gasteiger charge is 2.20. The van der Waals surface area contributed by atoms with E-state index in [-0.39, 0.29) is 5.69 Å². The van der Waals surface area contributed by atoms with Crippen molar-refractivity contribution in [3.8, 4) is 0 Å². The molecule has 0 saturated carbocycles. The van der Waals surface area contributed by atoms with Crippen molar-refractivity contribution in [3.63, 3.8) is 0 Å². The van der Waals surface area contributed by atoms with E-state index in [1.807, 2.05) is 0 Å². The average molecular weight is 309 g/mol. The van der Waals surface area contributed by atoms with Crippen LogP contribution in [0.4, 0.5) is 14.5 Å². The molecule has 0 spiro atoms. The molecule has 0 bridgehead atoms. The third-order valence-electron chi connectivity index (χ3n) is 2.88. The zero-order valence-corrected chi connectivity index (χ0v) is 11.3. The Hall–Kier alpha value is -2.48. The Bertz CT molecular complexity index is 922. The van der Waals surface area contributed by atoms with Gasteiger partial charge >= 0.3 is 0 Å². The minimum atomic E-state index is -4.21. The Morgan fingerprint density at radius 2 is 1.90 bits per heavy atom. The molecule has 8 heteroatoms. The van der Waals surface area contributed by atoms with Crippen molar-refractivity contribution in [2.24, 2.45) is 0 Å². The smallest absolute Gasteiger partial charge is 0.264 e. The van der Waals surface area contributed by atoms with Crippen LogP contribution >= 0.6 is 0 Å². The van der Waals surface area contributed by atoms with Crippen LogP contribution < -0.4 is 4.72 Å². The van der Waals surface area contributed by atoms with Crippen LogP contribution in [0.5, 0.6) is 0 Å². The van der Waals surface area contributed by atoms with Gasteiger partial charge in [-0.05, 0) is 36.4 Å². The van der Waals surface area contributed by atoms with Crippen molar-refractivity contribution >= 4 is 26.6 Å². The van der Waals surface area contributed by atoms with Crippen molar-refractivity contribution in [2.45, 2.75) is 4.90 Å². The van der Waals surface area contributed by atoms with E-state index in [2.05, 4.69) is 14.9 Å². The minimum absolute atomic E-state index is 0.229. The second-order valence-corrected chi connectivity index (χ2v) is 6.00. The quantitative estimate of drug-likeness (QED) is 0.781. The molecule has 0 saturated heterocycles. The number of halogens is 2. The predicted molar refractivity (Wildman–Crippen MR) is 73.3 cm³/mol. The van der Waals surface area contributed by atoms with E-state index in [9.17, 15) is 17.2 Å². The monoisotopic (exact) mass is 309 g/mol. The summed E-state index contributed by atoms with van der Waals surface area (Å²) in [6.07, 6.45) is 1.52. The topological polar surface area (TPSA) is 74.8 Å². The van der Waals surface area contributed by atoms with E-state index in [4.69, 9.17) is 0 Å². The standard InChI is InChI=1S/C13H9F2N3O2S/c14-9-1-3-11(15)13(6-9)21(19,20)18-10-2-4-12-8(5-10)7-16-17-12/h1-7,18H,(H,16,17). The molecule has 0 radical (unpaired) electrons. The lowest BCUT2D eigenvalue weighted by Gasteiger charge is -2.09. The zero-order chi connectivity index (χ0) is 15.0. The lowest BCUT2D eigenvalue weighted by molar-refractivity contribution is 0.555. The Kier molecular flexibility index (Phi) is 3.09. The predicted octanol–water partition coefficient (Wildman–Crippen LogP) is 2.64. The number of benzene rings is 2. The van der Waals surface area contributed by atoms with Gasteiger partial charge < -0.3 is 0 Å². The number of nitrogens with zero attached hydrogens (tertiary/aromatic N) is 1. The van der Waals surface area contributed by atoms with Crippen LogP contribution in [0.15, 0.2) is 47.5 Å². The van der Waals surface area contributed by atoms with Crippen LogP contribution in [-0.2, 0) is 10.0 Å². The van der Waals surface area contributed by atoms with Gasteiger partial charge in [0.15, 0.2) is 0 Å². The first kappa shape index (κ1) is 13.5.